The SMILES string of the molecule is CCOP(C)(=O)N(C(=O)OCc1ccccc1)N(C)C(=O)C(Cl)Cl. The highest BCUT2D eigenvalue weighted by molar-refractivity contribution is 7.56. The monoisotopic (exact) mass is 396 g/mol. The van der Waals surface area contributed by atoms with Crippen molar-refractivity contribution in [1.29, 1.82) is 0 Å². The van der Waals surface area contributed by atoms with Gasteiger partial charge in [-0.25, -0.2) is 9.80 Å². The van der Waals surface area contributed by atoms with Gasteiger partial charge in [0.25, 0.3) is 5.91 Å². The third-order valence-electron chi connectivity index (χ3n) is 2.87. The van der Waals surface area contributed by atoms with E-state index in [0.29, 0.717) is 4.78 Å². The van der Waals surface area contributed by atoms with Crippen molar-refractivity contribution in [2.45, 2.75) is 18.4 Å². The van der Waals surface area contributed by atoms with E-state index in [9.17, 15) is 14.2 Å². The highest BCUT2D eigenvalue weighted by Crippen LogP contribution is 2.48. The molecule has 0 saturated heterocycles. The van der Waals surface area contributed by atoms with Gasteiger partial charge in [-0.05, 0) is 12.5 Å². The standard InChI is InChI=1S/C14H19Cl2N2O5P/c1-4-23-24(3,21)18(17(2)13(19)12(15)16)14(20)22-10-11-8-6-5-7-9-11/h5-9,12H,4,10H2,1-3H3. The van der Waals surface area contributed by atoms with Crippen molar-refractivity contribution in [3.8, 4) is 0 Å². The molecule has 0 aliphatic heterocycles. The minimum atomic E-state index is -3.68. The molecule has 0 heterocycles. The number of hydrogen-bond donors (Lipinski definition) is 0. The van der Waals surface area contributed by atoms with Crippen LogP contribution in [0.3, 0.4) is 0 Å². The highest BCUT2D eigenvalue weighted by atomic mass is 35.5. The fourth-order valence-electron chi connectivity index (χ4n) is 1.82. The zero-order valence-electron chi connectivity index (χ0n) is 13.5. The molecule has 7 nitrogen and oxygen atoms in total. The van der Waals surface area contributed by atoms with E-state index in [0.717, 1.165) is 10.6 Å². The minimum absolute atomic E-state index is 0.0600. The predicted octanol–water partition coefficient (Wildman–Crippen LogP) is 3.66. The summed E-state index contributed by atoms with van der Waals surface area (Å²) in [5.74, 6) is -0.836. The molecule has 0 N–H and O–H groups in total. The Morgan fingerprint density at radius 3 is 2.33 bits per heavy atom. The van der Waals surface area contributed by atoms with Gasteiger partial charge in [-0.3, -0.25) is 9.36 Å². The zero-order valence-corrected chi connectivity index (χ0v) is 15.9. The number of carbonyl (C=O) groups is 2. The van der Waals surface area contributed by atoms with E-state index in [-0.39, 0.29) is 13.2 Å². The molecule has 134 valence electrons. The summed E-state index contributed by atoms with van der Waals surface area (Å²) in [7, 11) is -2.48. The molecule has 0 bridgehead atoms. The Kier molecular flexibility index (Phi) is 8.03. The van der Waals surface area contributed by atoms with E-state index in [4.69, 9.17) is 32.5 Å². The molecule has 0 aliphatic carbocycles. The average molecular weight is 397 g/mol. The second-order valence-corrected chi connectivity index (χ2v) is 8.05. The van der Waals surface area contributed by atoms with E-state index in [2.05, 4.69) is 0 Å². The first-order valence-electron chi connectivity index (χ1n) is 6.99. The number of ether oxygens (including phenoxy) is 1. The van der Waals surface area contributed by atoms with Gasteiger partial charge in [-0.15, -0.1) is 4.78 Å². The molecule has 1 aromatic rings. The molecule has 24 heavy (non-hydrogen) atoms. The molecule has 0 fully saturated rings. The molecule has 1 atom stereocenters. The number of halogens is 2. The molecule has 0 radical (unpaired) electrons. The number of rotatable bonds is 6. The van der Waals surface area contributed by atoms with Crippen molar-refractivity contribution < 1.29 is 23.4 Å². The summed E-state index contributed by atoms with van der Waals surface area (Å²) >= 11 is 11.1. The Morgan fingerprint density at radius 2 is 1.83 bits per heavy atom. The third kappa shape index (κ3) is 5.67. The topological polar surface area (TPSA) is 76.2 Å². The number of amides is 2. The summed E-state index contributed by atoms with van der Waals surface area (Å²) in [6.07, 6.45) is -1.01. The van der Waals surface area contributed by atoms with Crippen molar-refractivity contribution in [2.75, 3.05) is 20.3 Å². The van der Waals surface area contributed by atoms with Gasteiger partial charge in [-0.2, -0.15) is 0 Å². The minimum Gasteiger partial charge on any atom is -0.443 e. The van der Waals surface area contributed by atoms with Crippen LogP contribution in [-0.4, -0.2) is 46.9 Å². The molecular formula is C14H19Cl2N2O5P. The summed E-state index contributed by atoms with van der Waals surface area (Å²) < 4.78 is 23.5. The van der Waals surface area contributed by atoms with Gasteiger partial charge < -0.3 is 9.26 Å². The van der Waals surface area contributed by atoms with E-state index in [1.807, 2.05) is 6.07 Å². The molecule has 1 unspecified atom stereocenters. The summed E-state index contributed by atoms with van der Waals surface area (Å²) in [4.78, 5) is 22.9. The van der Waals surface area contributed by atoms with Gasteiger partial charge in [0, 0.05) is 13.7 Å². The fourth-order valence-corrected chi connectivity index (χ4v) is 3.62. The van der Waals surface area contributed by atoms with Crippen LogP contribution in [0, 0.1) is 0 Å². The highest BCUT2D eigenvalue weighted by Gasteiger charge is 2.39. The average Bonchev–Trinajstić information content (AvgIpc) is 2.52. The normalized spacial score (nSPS) is 13.2. The van der Waals surface area contributed by atoms with Gasteiger partial charge >= 0.3 is 13.6 Å². The first-order valence-corrected chi connectivity index (χ1v) is 9.89. The van der Waals surface area contributed by atoms with E-state index >= 15 is 0 Å². The van der Waals surface area contributed by atoms with Crippen LogP contribution in [0.2, 0.25) is 0 Å². The molecule has 2 amide bonds. The molecule has 10 heteroatoms. The van der Waals surface area contributed by atoms with Crippen LogP contribution in [0.15, 0.2) is 30.3 Å². The summed E-state index contributed by atoms with van der Waals surface area (Å²) in [6.45, 7) is 2.82. The largest absolute Gasteiger partial charge is 0.443 e. The maximum atomic E-state index is 12.7. The number of alkyl halides is 2. The first-order chi connectivity index (χ1) is 11.2. The molecule has 1 rings (SSSR count). The van der Waals surface area contributed by atoms with E-state index in [1.165, 1.54) is 13.7 Å². The first kappa shape index (κ1) is 20.8. The second kappa shape index (κ2) is 9.28. The Hall–Kier alpha value is -1.27. The lowest BCUT2D eigenvalue weighted by molar-refractivity contribution is -0.136. The Labute approximate surface area is 150 Å². The third-order valence-corrected chi connectivity index (χ3v) is 5.10. The number of benzene rings is 1. The van der Waals surface area contributed by atoms with Crippen LogP contribution in [0.1, 0.15) is 12.5 Å². The van der Waals surface area contributed by atoms with Crippen molar-refractivity contribution >= 4 is 42.7 Å². The van der Waals surface area contributed by atoms with Gasteiger partial charge in [0.1, 0.15) is 6.61 Å². The predicted molar refractivity (Wildman–Crippen MR) is 91.9 cm³/mol. The molecule has 0 saturated carbocycles. The van der Waals surface area contributed by atoms with Crippen LogP contribution in [0.4, 0.5) is 4.79 Å². The van der Waals surface area contributed by atoms with Crippen LogP contribution in [0.5, 0.6) is 0 Å². The van der Waals surface area contributed by atoms with Crippen LogP contribution in [-0.2, 0) is 25.2 Å². The number of hydrazine groups is 1. The van der Waals surface area contributed by atoms with Crippen molar-refractivity contribution in [2.24, 2.45) is 0 Å². The lowest BCUT2D eigenvalue weighted by Gasteiger charge is -2.34. The second-order valence-electron chi connectivity index (χ2n) is 4.71. The molecule has 0 aliphatic rings. The van der Waals surface area contributed by atoms with Crippen LogP contribution in [0.25, 0.3) is 0 Å². The Bertz CT molecular complexity index is 614. The summed E-state index contributed by atoms with van der Waals surface area (Å²) in [5, 5.41) is 0.744. The van der Waals surface area contributed by atoms with Gasteiger partial charge in [0.2, 0.25) is 0 Å². The maximum absolute atomic E-state index is 12.7. The van der Waals surface area contributed by atoms with Gasteiger partial charge in [-0.1, -0.05) is 53.5 Å². The van der Waals surface area contributed by atoms with Crippen LogP contribution < -0.4 is 0 Å². The molecule has 0 aromatic heterocycles. The van der Waals surface area contributed by atoms with Crippen molar-refractivity contribution in [3.05, 3.63) is 35.9 Å². The molecule has 1 aromatic carbocycles. The quantitative estimate of drug-likeness (QED) is 0.416. The zero-order chi connectivity index (χ0) is 18.3. The number of hydrogen-bond acceptors (Lipinski definition) is 5. The van der Waals surface area contributed by atoms with Crippen molar-refractivity contribution in [3.63, 3.8) is 0 Å². The van der Waals surface area contributed by atoms with E-state index in [1.54, 1.807) is 31.2 Å². The molecule has 0 spiro atoms. The Morgan fingerprint density at radius 1 is 1.25 bits per heavy atom. The molecular weight excluding hydrogens is 378 g/mol. The lowest BCUT2D eigenvalue weighted by atomic mass is 10.2. The lowest BCUT2D eigenvalue weighted by Crippen LogP contribution is -2.47. The van der Waals surface area contributed by atoms with Gasteiger partial charge in [0.05, 0.1) is 6.61 Å². The van der Waals surface area contributed by atoms with E-state index < -0.39 is 24.4 Å². The van der Waals surface area contributed by atoms with Crippen molar-refractivity contribution in [1.82, 2.24) is 9.79 Å². The maximum Gasteiger partial charge on any atom is 0.437 e. The summed E-state index contributed by atoms with van der Waals surface area (Å²) in [5.41, 5.74) is 0.731. The Balaban J connectivity index is 2.97. The number of carbonyl (C=O) groups excluding carboxylic acids is 2. The van der Waals surface area contributed by atoms with Crippen LogP contribution >= 0.6 is 30.7 Å². The smallest absolute Gasteiger partial charge is 0.437 e. The summed E-state index contributed by atoms with van der Waals surface area (Å²) in [6, 6.07) is 8.91. The fraction of sp³-hybridized carbons (Fsp3) is 0.429. The number of nitrogens with zero attached hydrogens (tertiary/aromatic N) is 2. The van der Waals surface area contributed by atoms with Gasteiger partial charge in [0.15, 0.2) is 4.84 Å².